The number of nitro benzene ring substituents is 1. The molecule has 0 spiro atoms. The number of para-hydroxylation sites is 1. The molecule has 1 N–H and O–H groups in total. The summed E-state index contributed by atoms with van der Waals surface area (Å²) < 4.78 is 11.5. The molecule has 1 unspecified atom stereocenters. The number of non-ortho nitro benzene ring substituents is 1. The third-order valence-electron chi connectivity index (χ3n) is 3.87. The first-order valence-electron chi connectivity index (χ1n) is 8.76. The molecule has 3 aromatic rings. The summed E-state index contributed by atoms with van der Waals surface area (Å²) in [6.45, 7) is 3.00. The van der Waals surface area contributed by atoms with Crippen LogP contribution in [-0.4, -0.2) is 22.9 Å². The van der Waals surface area contributed by atoms with Crippen molar-refractivity contribution in [2.45, 2.75) is 26.3 Å². The zero-order valence-corrected chi connectivity index (χ0v) is 15.0. The fourth-order valence-electron chi connectivity index (χ4n) is 2.52. The van der Waals surface area contributed by atoms with E-state index in [4.69, 9.17) is 9.47 Å². The minimum Gasteiger partial charge on any atom is -0.451 e. The Balaban J connectivity index is 1.65. The summed E-state index contributed by atoms with van der Waals surface area (Å²) in [5.41, 5.74) is 1.81. The van der Waals surface area contributed by atoms with Crippen molar-refractivity contribution >= 4 is 16.6 Å². The molecule has 27 heavy (non-hydrogen) atoms. The zero-order chi connectivity index (χ0) is 19.1. The third-order valence-corrected chi connectivity index (χ3v) is 3.87. The van der Waals surface area contributed by atoms with Crippen molar-refractivity contribution in [3.05, 3.63) is 76.5 Å². The number of ether oxygens (including phenoxy) is 2. The van der Waals surface area contributed by atoms with Gasteiger partial charge in [0, 0.05) is 24.1 Å². The number of hydrogen-bond acceptors (Lipinski definition) is 6. The SMILES string of the molecule is CCCOC(NCc1ccc2ccccc2n1)Oc1ccc([N+](=O)[O-])cc1. The highest BCUT2D eigenvalue weighted by atomic mass is 16.7. The van der Waals surface area contributed by atoms with Crippen molar-refractivity contribution in [3.8, 4) is 5.75 Å². The van der Waals surface area contributed by atoms with Gasteiger partial charge in [-0.05, 0) is 30.7 Å². The lowest BCUT2D eigenvalue weighted by atomic mass is 10.2. The molecule has 7 nitrogen and oxygen atoms in total. The van der Waals surface area contributed by atoms with Crippen molar-refractivity contribution < 1.29 is 14.4 Å². The van der Waals surface area contributed by atoms with Crippen molar-refractivity contribution in [2.24, 2.45) is 0 Å². The fraction of sp³-hybridized carbons (Fsp3) is 0.250. The summed E-state index contributed by atoms with van der Waals surface area (Å²) in [6.07, 6.45) is 0.162. The number of fused-ring (bicyclic) bond motifs is 1. The second-order valence-corrected chi connectivity index (χ2v) is 5.95. The minimum absolute atomic E-state index is 0.0155. The van der Waals surface area contributed by atoms with Crippen LogP contribution < -0.4 is 10.1 Å². The monoisotopic (exact) mass is 367 g/mol. The van der Waals surface area contributed by atoms with E-state index in [1.165, 1.54) is 12.1 Å². The minimum atomic E-state index is -0.681. The van der Waals surface area contributed by atoms with E-state index >= 15 is 0 Å². The lowest BCUT2D eigenvalue weighted by Gasteiger charge is -2.20. The molecule has 0 fully saturated rings. The predicted molar refractivity (Wildman–Crippen MR) is 102 cm³/mol. The van der Waals surface area contributed by atoms with E-state index in [0.717, 1.165) is 23.0 Å². The first-order valence-corrected chi connectivity index (χ1v) is 8.76. The summed E-state index contributed by atoms with van der Waals surface area (Å²) in [5.74, 6) is 0.487. The van der Waals surface area contributed by atoms with Crippen LogP contribution in [0.4, 0.5) is 5.69 Å². The number of pyridine rings is 1. The van der Waals surface area contributed by atoms with E-state index < -0.39 is 11.3 Å². The highest BCUT2D eigenvalue weighted by Crippen LogP contribution is 2.18. The number of benzene rings is 2. The van der Waals surface area contributed by atoms with Gasteiger partial charge in [0.05, 0.1) is 22.7 Å². The Morgan fingerprint density at radius 3 is 2.63 bits per heavy atom. The molecule has 7 heteroatoms. The molecule has 1 atom stereocenters. The molecule has 0 aliphatic rings. The van der Waals surface area contributed by atoms with Gasteiger partial charge in [-0.2, -0.15) is 0 Å². The van der Waals surface area contributed by atoms with Gasteiger partial charge in [-0.3, -0.25) is 20.4 Å². The van der Waals surface area contributed by atoms with Crippen LogP contribution in [-0.2, 0) is 11.3 Å². The Morgan fingerprint density at radius 2 is 1.89 bits per heavy atom. The lowest BCUT2D eigenvalue weighted by molar-refractivity contribution is -0.384. The molecule has 0 amide bonds. The molecule has 0 aliphatic heterocycles. The zero-order valence-electron chi connectivity index (χ0n) is 15.0. The van der Waals surface area contributed by atoms with Gasteiger partial charge in [-0.25, -0.2) is 0 Å². The van der Waals surface area contributed by atoms with Crippen molar-refractivity contribution in [1.82, 2.24) is 10.3 Å². The number of nitro groups is 1. The molecule has 140 valence electrons. The molecule has 0 saturated carbocycles. The molecule has 0 saturated heterocycles. The number of nitrogens with one attached hydrogen (secondary N) is 1. The molecule has 3 rings (SSSR count). The van der Waals surface area contributed by atoms with Crippen LogP contribution in [0.3, 0.4) is 0 Å². The topological polar surface area (TPSA) is 86.5 Å². The molecule has 1 aromatic heterocycles. The second-order valence-electron chi connectivity index (χ2n) is 5.95. The van der Waals surface area contributed by atoms with Gasteiger partial charge in [-0.1, -0.05) is 31.2 Å². The highest BCUT2D eigenvalue weighted by molar-refractivity contribution is 5.78. The second kappa shape index (κ2) is 9.07. The van der Waals surface area contributed by atoms with Gasteiger partial charge < -0.3 is 9.47 Å². The van der Waals surface area contributed by atoms with Crippen molar-refractivity contribution in [3.63, 3.8) is 0 Å². The Morgan fingerprint density at radius 1 is 1.11 bits per heavy atom. The molecule has 0 radical (unpaired) electrons. The van der Waals surface area contributed by atoms with E-state index in [0.29, 0.717) is 18.9 Å². The summed E-state index contributed by atoms with van der Waals surface area (Å²) in [6, 6.07) is 17.8. The van der Waals surface area contributed by atoms with E-state index in [9.17, 15) is 10.1 Å². The van der Waals surface area contributed by atoms with E-state index in [1.807, 2.05) is 43.3 Å². The normalized spacial score (nSPS) is 12.0. The highest BCUT2D eigenvalue weighted by Gasteiger charge is 2.12. The molecule has 0 aliphatic carbocycles. The van der Waals surface area contributed by atoms with Crippen LogP contribution in [0.5, 0.6) is 5.75 Å². The fourth-order valence-corrected chi connectivity index (χ4v) is 2.52. The van der Waals surface area contributed by atoms with Crippen molar-refractivity contribution in [2.75, 3.05) is 6.61 Å². The van der Waals surface area contributed by atoms with Gasteiger partial charge in [0.15, 0.2) is 0 Å². The Hall–Kier alpha value is -3.03. The van der Waals surface area contributed by atoms with E-state index in [1.54, 1.807) is 12.1 Å². The van der Waals surface area contributed by atoms with Crippen LogP contribution in [0.2, 0.25) is 0 Å². The number of aromatic nitrogens is 1. The summed E-state index contributed by atoms with van der Waals surface area (Å²) in [4.78, 5) is 14.9. The molecule has 1 heterocycles. The molecule has 0 bridgehead atoms. The van der Waals surface area contributed by atoms with Crippen LogP contribution in [0.1, 0.15) is 19.0 Å². The largest absolute Gasteiger partial charge is 0.451 e. The maximum atomic E-state index is 10.7. The average molecular weight is 367 g/mol. The summed E-state index contributed by atoms with van der Waals surface area (Å²) >= 11 is 0. The van der Waals surface area contributed by atoms with Gasteiger partial charge in [0.2, 0.25) is 0 Å². The number of hydrogen-bond donors (Lipinski definition) is 1. The quantitative estimate of drug-likeness (QED) is 0.349. The van der Waals surface area contributed by atoms with E-state index in [2.05, 4.69) is 10.3 Å². The molecular weight excluding hydrogens is 346 g/mol. The number of nitrogens with zero attached hydrogens (tertiary/aromatic N) is 2. The predicted octanol–water partition coefficient (Wildman–Crippen LogP) is 4.02. The molecular formula is C20H21N3O4. The van der Waals surface area contributed by atoms with Gasteiger partial charge in [-0.15, -0.1) is 0 Å². The van der Waals surface area contributed by atoms with Crippen LogP contribution in [0.25, 0.3) is 10.9 Å². The number of rotatable bonds is 9. The van der Waals surface area contributed by atoms with Gasteiger partial charge in [0.25, 0.3) is 12.1 Å². The maximum absolute atomic E-state index is 10.7. The standard InChI is InChI=1S/C20H21N3O4/c1-2-13-26-20(27-18-11-9-17(10-12-18)23(24)25)21-14-16-8-7-15-5-3-4-6-19(15)22-16/h3-12,20-21H,2,13-14H2,1H3. The van der Waals surface area contributed by atoms with Crippen LogP contribution >= 0.6 is 0 Å². The average Bonchev–Trinajstić information content (AvgIpc) is 2.70. The lowest BCUT2D eigenvalue weighted by Crippen LogP contribution is -2.37. The summed E-state index contributed by atoms with van der Waals surface area (Å²) in [5, 5.41) is 15.0. The first kappa shape index (κ1) is 18.8. The van der Waals surface area contributed by atoms with E-state index in [-0.39, 0.29) is 5.69 Å². The third kappa shape index (κ3) is 5.22. The van der Waals surface area contributed by atoms with Crippen LogP contribution in [0.15, 0.2) is 60.7 Å². The smallest absolute Gasteiger partial charge is 0.269 e. The Kier molecular flexibility index (Phi) is 6.30. The Bertz CT molecular complexity index is 899. The van der Waals surface area contributed by atoms with Gasteiger partial charge >= 0.3 is 0 Å². The maximum Gasteiger partial charge on any atom is 0.269 e. The Labute approximate surface area is 157 Å². The van der Waals surface area contributed by atoms with Crippen molar-refractivity contribution in [1.29, 1.82) is 0 Å². The van der Waals surface area contributed by atoms with Crippen LogP contribution in [0, 0.1) is 10.1 Å². The van der Waals surface area contributed by atoms with Gasteiger partial charge in [0.1, 0.15) is 5.75 Å². The first-order chi connectivity index (χ1) is 13.2. The summed E-state index contributed by atoms with van der Waals surface area (Å²) in [7, 11) is 0. The molecule has 2 aromatic carbocycles.